The lowest BCUT2D eigenvalue weighted by Crippen LogP contribution is -2.73. The third-order valence-corrected chi connectivity index (χ3v) is 7.14. The Morgan fingerprint density at radius 1 is 0.605 bits per heavy atom. The summed E-state index contributed by atoms with van der Waals surface area (Å²) in [7, 11) is -4.58. The number of aliphatic hydroxyl groups excluding tert-OH is 2. The predicted molar refractivity (Wildman–Crippen MR) is 96.9 cm³/mol. The van der Waals surface area contributed by atoms with E-state index in [1.807, 2.05) is 0 Å². The van der Waals surface area contributed by atoms with E-state index in [-0.39, 0.29) is 17.6 Å². The van der Waals surface area contributed by atoms with Crippen LogP contribution in [0.1, 0.15) is 6.42 Å². The van der Waals surface area contributed by atoms with Gasteiger partial charge in [-0.1, -0.05) is 0 Å². The van der Waals surface area contributed by atoms with Crippen LogP contribution in [0.3, 0.4) is 0 Å². The van der Waals surface area contributed by atoms with E-state index in [4.69, 9.17) is 10.2 Å². The van der Waals surface area contributed by atoms with E-state index in [0.717, 1.165) is 0 Å². The standard InChI is InChI=1S/C16H22F15N2O4S/c1-33(2,7-9-35)6-3-4-32(5-8-34)38(36,37)16(30,31)14(25,26)12(21,22)10(17,18)11(19,20)13(23,24)15(27,28)29/h34-35H,3-9H2,1-2H3/q+1. The zero-order chi connectivity index (χ0) is 31.0. The molecule has 0 aromatic carbocycles. The molecule has 0 unspecified atom stereocenters. The van der Waals surface area contributed by atoms with Crippen molar-refractivity contribution in [1.82, 2.24) is 4.31 Å². The quantitative estimate of drug-likeness (QED) is 0.217. The van der Waals surface area contributed by atoms with Crippen LogP contribution in [0.5, 0.6) is 0 Å². The first-order chi connectivity index (χ1) is 16.5. The van der Waals surface area contributed by atoms with Crippen molar-refractivity contribution in [3.05, 3.63) is 0 Å². The van der Waals surface area contributed by atoms with Crippen molar-refractivity contribution in [3.63, 3.8) is 0 Å². The molecule has 0 fully saturated rings. The van der Waals surface area contributed by atoms with Crippen LogP contribution in [-0.2, 0) is 10.0 Å². The first kappa shape index (κ1) is 36.7. The molecule has 0 aliphatic heterocycles. The number of halogens is 15. The topological polar surface area (TPSA) is 77.8 Å². The van der Waals surface area contributed by atoms with E-state index in [0.29, 0.717) is 0 Å². The van der Waals surface area contributed by atoms with Crippen LogP contribution < -0.4 is 0 Å². The molecule has 0 heterocycles. The summed E-state index contributed by atoms with van der Waals surface area (Å²) >= 11 is 0. The molecule has 0 rings (SSSR count). The van der Waals surface area contributed by atoms with Crippen molar-refractivity contribution in [3.8, 4) is 0 Å². The molecule has 230 valence electrons. The number of hydrogen-bond acceptors (Lipinski definition) is 4. The minimum atomic E-state index is -8.62. The van der Waals surface area contributed by atoms with Gasteiger partial charge in [0.05, 0.1) is 33.9 Å². The van der Waals surface area contributed by atoms with E-state index in [2.05, 4.69) is 0 Å². The van der Waals surface area contributed by atoms with Crippen molar-refractivity contribution in [2.45, 2.75) is 47.5 Å². The molecule has 0 aliphatic rings. The Morgan fingerprint density at radius 2 is 1.00 bits per heavy atom. The molecule has 0 aromatic rings. The number of aliphatic hydroxyl groups is 2. The van der Waals surface area contributed by atoms with Gasteiger partial charge in [-0.05, 0) is 0 Å². The second kappa shape index (κ2) is 11.0. The highest BCUT2D eigenvalue weighted by atomic mass is 32.2. The fourth-order valence-electron chi connectivity index (χ4n) is 2.80. The minimum Gasteiger partial charge on any atom is -0.395 e. The van der Waals surface area contributed by atoms with Crippen molar-refractivity contribution >= 4 is 10.0 Å². The predicted octanol–water partition coefficient (Wildman–Crippen LogP) is 3.40. The monoisotopic (exact) mass is 623 g/mol. The molecule has 0 radical (unpaired) electrons. The van der Waals surface area contributed by atoms with Crippen molar-refractivity contribution in [2.24, 2.45) is 0 Å². The molecule has 0 saturated carbocycles. The number of likely N-dealkylation sites (N-methyl/N-ethyl adjacent to an activating group) is 1. The van der Waals surface area contributed by atoms with E-state index in [9.17, 15) is 74.3 Å². The van der Waals surface area contributed by atoms with E-state index in [1.165, 1.54) is 14.1 Å². The van der Waals surface area contributed by atoms with Gasteiger partial charge >= 0.3 is 41.0 Å². The Hall–Kier alpha value is -1.26. The van der Waals surface area contributed by atoms with Crippen LogP contribution in [0.2, 0.25) is 0 Å². The number of nitrogens with zero attached hydrogens (tertiary/aromatic N) is 2. The second-order valence-corrected chi connectivity index (χ2v) is 10.5. The van der Waals surface area contributed by atoms with E-state index >= 15 is 0 Å². The van der Waals surface area contributed by atoms with Crippen LogP contribution >= 0.6 is 0 Å². The maximum atomic E-state index is 14.3. The Morgan fingerprint density at radius 3 is 1.37 bits per heavy atom. The Bertz CT molecular complexity index is 907. The first-order valence-corrected chi connectivity index (χ1v) is 11.3. The van der Waals surface area contributed by atoms with Gasteiger partial charge in [-0.2, -0.15) is 70.2 Å². The average molecular weight is 623 g/mol. The number of rotatable bonds is 15. The minimum absolute atomic E-state index is 0.0426. The van der Waals surface area contributed by atoms with Gasteiger partial charge < -0.3 is 14.7 Å². The van der Waals surface area contributed by atoms with Gasteiger partial charge in [0.25, 0.3) is 10.0 Å². The summed E-state index contributed by atoms with van der Waals surface area (Å²) in [5.74, 6) is -42.1. The van der Waals surface area contributed by atoms with Gasteiger partial charge in [-0.15, -0.1) is 0 Å². The fraction of sp³-hybridized carbons (Fsp3) is 1.00. The van der Waals surface area contributed by atoms with E-state index in [1.54, 1.807) is 0 Å². The van der Waals surface area contributed by atoms with Crippen LogP contribution in [0.4, 0.5) is 65.9 Å². The maximum absolute atomic E-state index is 14.3. The molecule has 0 aromatic heterocycles. The number of sulfonamides is 1. The molecule has 22 heteroatoms. The van der Waals surface area contributed by atoms with Crippen molar-refractivity contribution in [2.75, 3.05) is 53.5 Å². The third kappa shape index (κ3) is 5.92. The van der Waals surface area contributed by atoms with Gasteiger partial charge in [0, 0.05) is 19.5 Å². The van der Waals surface area contributed by atoms with Crippen LogP contribution in [0.25, 0.3) is 0 Å². The molecular formula is C16H22F15N2O4S+. The lowest BCUT2D eigenvalue weighted by atomic mass is 9.94. The Labute approximate surface area is 205 Å². The molecule has 0 atom stereocenters. The number of alkyl halides is 15. The second-order valence-electron chi connectivity index (χ2n) is 8.47. The molecule has 6 nitrogen and oxygen atoms in total. The fourth-order valence-corrected chi connectivity index (χ4v) is 4.27. The summed E-state index contributed by atoms with van der Waals surface area (Å²) in [5, 5.41) is 10.2. The molecule has 38 heavy (non-hydrogen) atoms. The smallest absolute Gasteiger partial charge is 0.395 e. The van der Waals surface area contributed by atoms with Gasteiger partial charge in [0.15, 0.2) is 0 Å². The summed E-state index contributed by atoms with van der Waals surface area (Å²) in [6, 6.07) is 0. The lowest BCUT2D eigenvalue weighted by Gasteiger charge is -2.41. The highest BCUT2D eigenvalue weighted by Crippen LogP contribution is 2.63. The Kier molecular flexibility index (Phi) is 10.6. The lowest BCUT2D eigenvalue weighted by molar-refractivity contribution is -0.890. The molecule has 0 saturated heterocycles. The van der Waals surface area contributed by atoms with Gasteiger partial charge in [0.1, 0.15) is 6.54 Å². The average Bonchev–Trinajstić information content (AvgIpc) is 2.71. The van der Waals surface area contributed by atoms with Crippen LogP contribution in [-0.4, -0.2) is 122 Å². The van der Waals surface area contributed by atoms with Gasteiger partial charge in [-0.25, -0.2) is 8.42 Å². The number of quaternary nitrogens is 1. The summed E-state index contributed by atoms with van der Waals surface area (Å²) in [6.07, 6.45) is -8.38. The van der Waals surface area contributed by atoms with E-state index < -0.39 is 88.1 Å². The Balaban J connectivity index is 6.61. The summed E-state index contributed by atoms with van der Waals surface area (Å²) in [4.78, 5) is 0. The highest BCUT2D eigenvalue weighted by molar-refractivity contribution is 7.90. The zero-order valence-corrected chi connectivity index (χ0v) is 19.9. The first-order valence-electron chi connectivity index (χ1n) is 9.85. The zero-order valence-electron chi connectivity index (χ0n) is 19.1. The molecule has 2 N–H and O–H groups in total. The van der Waals surface area contributed by atoms with Crippen molar-refractivity contribution < 1.29 is 89.0 Å². The molecule has 0 spiro atoms. The summed E-state index contributed by atoms with van der Waals surface area (Å²) < 4.78 is 224. The van der Waals surface area contributed by atoms with Gasteiger partial charge in [-0.3, -0.25) is 0 Å². The SMILES string of the molecule is C[N+](C)(CCO)CCCN(CCO)S(=O)(=O)C(F)(F)C(F)(F)C(F)(F)C(F)(F)C(F)(F)C(F)(F)C(F)(F)F. The third-order valence-electron chi connectivity index (χ3n) is 5.19. The summed E-state index contributed by atoms with van der Waals surface area (Å²) in [5.41, 5.74) is 0. The molecule has 0 aliphatic carbocycles. The molecular weight excluding hydrogens is 601 g/mol. The maximum Gasteiger partial charge on any atom is 0.460 e. The number of hydrogen-bond donors (Lipinski definition) is 2. The van der Waals surface area contributed by atoms with Crippen molar-refractivity contribution in [1.29, 1.82) is 0 Å². The van der Waals surface area contributed by atoms with Crippen LogP contribution in [0, 0.1) is 0 Å². The largest absolute Gasteiger partial charge is 0.460 e. The van der Waals surface area contributed by atoms with Crippen LogP contribution in [0.15, 0.2) is 0 Å². The molecule has 0 amide bonds. The highest BCUT2D eigenvalue weighted by Gasteiger charge is 2.94. The normalized spacial score (nSPS) is 15.9. The molecule has 0 bridgehead atoms. The summed E-state index contributed by atoms with van der Waals surface area (Å²) in [6.45, 7) is -5.11. The van der Waals surface area contributed by atoms with Gasteiger partial charge in [0.2, 0.25) is 0 Å².